The van der Waals surface area contributed by atoms with Gasteiger partial charge in [0.1, 0.15) is 5.03 Å². The highest BCUT2D eigenvalue weighted by atomic mass is 35.5. The Bertz CT molecular complexity index is 547. The maximum Gasteiger partial charge on any atom is 0.115 e. The molecule has 106 valence electrons. The molecular formula is C15H17ClN2OS. The van der Waals surface area contributed by atoms with E-state index in [2.05, 4.69) is 10.3 Å². The van der Waals surface area contributed by atoms with Crippen LogP contribution in [0.1, 0.15) is 5.56 Å². The highest BCUT2D eigenvalue weighted by molar-refractivity contribution is 7.99. The lowest BCUT2D eigenvalue weighted by atomic mass is 9.93. The fraction of sp³-hybridized carbons (Fsp3) is 0.267. The largest absolute Gasteiger partial charge is 0.394 e. The monoisotopic (exact) mass is 308 g/mol. The summed E-state index contributed by atoms with van der Waals surface area (Å²) in [5.74, 6) is 0.640. The third-order valence-electron chi connectivity index (χ3n) is 3.25. The first-order chi connectivity index (χ1) is 9.72. The van der Waals surface area contributed by atoms with E-state index >= 15 is 0 Å². The lowest BCUT2D eigenvalue weighted by Gasteiger charge is -2.31. The Labute approximate surface area is 128 Å². The van der Waals surface area contributed by atoms with Crippen LogP contribution in [-0.2, 0) is 5.54 Å². The summed E-state index contributed by atoms with van der Waals surface area (Å²) in [5.41, 5.74) is 0.539. The molecule has 2 rings (SSSR count). The number of rotatable bonds is 6. The third kappa shape index (κ3) is 3.33. The highest BCUT2D eigenvalue weighted by Crippen LogP contribution is 2.31. The van der Waals surface area contributed by atoms with Crippen LogP contribution in [0.3, 0.4) is 0 Å². The Morgan fingerprint density at radius 2 is 2.00 bits per heavy atom. The summed E-state index contributed by atoms with van der Waals surface area (Å²) in [6.45, 7) is 0.00493. The molecule has 5 heteroatoms. The molecule has 0 amide bonds. The van der Waals surface area contributed by atoms with Crippen molar-refractivity contribution in [3.05, 3.63) is 59.2 Å². The van der Waals surface area contributed by atoms with Crippen molar-refractivity contribution in [2.24, 2.45) is 0 Å². The Morgan fingerprint density at radius 1 is 1.25 bits per heavy atom. The summed E-state index contributed by atoms with van der Waals surface area (Å²) in [6.07, 6.45) is 1.72. The number of benzene rings is 1. The number of thioether (sulfide) groups is 1. The van der Waals surface area contributed by atoms with Gasteiger partial charge in [-0.1, -0.05) is 41.9 Å². The predicted molar refractivity (Wildman–Crippen MR) is 84.2 cm³/mol. The van der Waals surface area contributed by atoms with Crippen molar-refractivity contribution in [1.82, 2.24) is 10.3 Å². The molecule has 0 spiro atoms. The fourth-order valence-corrected chi connectivity index (χ4v) is 3.35. The van der Waals surface area contributed by atoms with Gasteiger partial charge in [0.05, 0.1) is 17.2 Å². The van der Waals surface area contributed by atoms with E-state index in [1.165, 1.54) is 11.8 Å². The minimum absolute atomic E-state index is 0.00493. The molecule has 20 heavy (non-hydrogen) atoms. The van der Waals surface area contributed by atoms with E-state index in [-0.39, 0.29) is 6.61 Å². The lowest BCUT2D eigenvalue weighted by Crippen LogP contribution is -2.45. The first-order valence-corrected chi connectivity index (χ1v) is 7.67. The van der Waals surface area contributed by atoms with Gasteiger partial charge in [-0.15, -0.1) is 11.8 Å². The molecule has 0 fully saturated rings. The van der Waals surface area contributed by atoms with Gasteiger partial charge in [0.2, 0.25) is 0 Å². The van der Waals surface area contributed by atoms with Gasteiger partial charge < -0.3 is 10.4 Å². The van der Waals surface area contributed by atoms with E-state index in [4.69, 9.17) is 11.6 Å². The molecule has 1 unspecified atom stereocenters. The van der Waals surface area contributed by atoms with E-state index in [0.717, 1.165) is 10.6 Å². The average molecular weight is 309 g/mol. The molecule has 1 heterocycles. The van der Waals surface area contributed by atoms with Crippen LogP contribution in [-0.4, -0.2) is 29.5 Å². The normalized spacial score (nSPS) is 13.9. The number of aliphatic hydroxyl groups is 1. The smallest absolute Gasteiger partial charge is 0.115 e. The van der Waals surface area contributed by atoms with Crippen molar-refractivity contribution in [3.63, 3.8) is 0 Å². The van der Waals surface area contributed by atoms with Crippen LogP contribution in [0.25, 0.3) is 0 Å². The lowest BCUT2D eigenvalue weighted by molar-refractivity contribution is 0.187. The van der Waals surface area contributed by atoms with Crippen LogP contribution in [0.5, 0.6) is 0 Å². The molecule has 0 bridgehead atoms. The minimum atomic E-state index is -0.507. The van der Waals surface area contributed by atoms with Crippen LogP contribution in [0.2, 0.25) is 5.02 Å². The number of nitrogens with zero attached hydrogens (tertiary/aromatic N) is 1. The average Bonchev–Trinajstić information content (AvgIpc) is 2.51. The van der Waals surface area contributed by atoms with E-state index in [0.29, 0.717) is 10.8 Å². The third-order valence-corrected chi connectivity index (χ3v) is 4.91. The van der Waals surface area contributed by atoms with Crippen molar-refractivity contribution in [1.29, 1.82) is 0 Å². The van der Waals surface area contributed by atoms with Gasteiger partial charge in [-0.2, -0.15) is 0 Å². The summed E-state index contributed by atoms with van der Waals surface area (Å²) in [7, 11) is 1.85. The van der Waals surface area contributed by atoms with Crippen molar-refractivity contribution in [2.45, 2.75) is 10.6 Å². The van der Waals surface area contributed by atoms with Crippen LogP contribution < -0.4 is 5.32 Å². The number of halogens is 1. The molecule has 1 aromatic heterocycles. The van der Waals surface area contributed by atoms with E-state index < -0.39 is 5.54 Å². The number of aromatic nitrogens is 1. The van der Waals surface area contributed by atoms with Gasteiger partial charge in [-0.25, -0.2) is 4.98 Å². The molecule has 0 aliphatic rings. The second-order valence-electron chi connectivity index (χ2n) is 4.44. The summed E-state index contributed by atoms with van der Waals surface area (Å²) in [4.78, 5) is 4.27. The zero-order valence-electron chi connectivity index (χ0n) is 11.2. The number of hydrogen-bond acceptors (Lipinski definition) is 4. The molecule has 3 nitrogen and oxygen atoms in total. The van der Waals surface area contributed by atoms with Gasteiger partial charge in [0, 0.05) is 11.9 Å². The Balaban J connectivity index is 2.20. The second-order valence-corrected chi connectivity index (χ2v) is 5.81. The summed E-state index contributed by atoms with van der Waals surface area (Å²) in [5, 5.41) is 14.5. The van der Waals surface area contributed by atoms with Crippen LogP contribution in [0.4, 0.5) is 0 Å². The van der Waals surface area contributed by atoms with Crippen LogP contribution in [0, 0.1) is 0 Å². The molecule has 0 aliphatic carbocycles. The maximum atomic E-state index is 9.85. The fourth-order valence-electron chi connectivity index (χ4n) is 1.94. The predicted octanol–water partition coefficient (Wildman–Crippen LogP) is 2.93. The standard InChI is InChI=1S/C15H17ClN2OS/c1-17-15(10-19,12-6-3-2-4-7-12)11-20-14-13(16)8-5-9-18-14/h2-9,17,19H,10-11H2,1H3. The van der Waals surface area contributed by atoms with Gasteiger partial charge in [0.15, 0.2) is 0 Å². The second kappa shape index (κ2) is 7.09. The molecule has 1 aromatic carbocycles. The Kier molecular flexibility index (Phi) is 5.43. The number of nitrogens with one attached hydrogen (secondary N) is 1. The van der Waals surface area contributed by atoms with Gasteiger partial charge in [0.25, 0.3) is 0 Å². The quantitative estimate of drug-likeness (QED) is 0.805. The molecule has 2 N–H and O–H groups in total. The zero-order valence-corrected chi connectivity index (χ0v) is 12.8. The molecule has 0 saturated heterocycles. The van der Waals surface area contributed by atoms with Gasteiger partial charge in [-0.3, -0.25) is 0 Å². The molecule has 0 saturated carbocycles. The first-order valence-electron chi connectivity index (χ1n) is 6.30. The molecule has 0 radical (unpaired) electrons. The van der Waals surface area contributed by atoms with E-state index in [1.54, 1.807) is 12.3 Å². The molecule has 0 aliphatic heterocycles. The topological polar surface area (TPSA) is 45.1 Å². The summed E-state index contributed by atoms with van der Waals surface area (Å²) in [6, 6.07) is 13.5. The van der Waals surface area contributed by atoms with Crippen molar-refractivity contribution >= 4 is 23.4 Å². The Hall–Kier alpha value is -1.07. The number of pyridine rings is 1. The molecule has 1 atom stereocenters. The number of likely N-dealkylation sites (N-methyl/N-ethyl adjacent to an activating group) is 1. The number of aliphatic hydroxyl groups excluding tert-OH is 1. The maximum absolute atomic E-state index is 9.85. The molecule has 2 aromatic rings. The zero-order chi connectivity index (χ0) is 14.4. The first kappa shape index (κ1) is 15.3. The number of hydrogen-bond donors (Lipinski definition) is 2. The SMILES string of the molecule is CNC(CO)(CSc1ncccc1Cl)c1ccccc1. The summed E-state index contributed by atoms with van der Waals surface area (Å²) >= 11 is 7.65. The van der Waals surface area contributed by atoms with Crippen LogP contribution in [0.15, 0.2) is 53.7 Å². The van der Waals surface area contributed by atoms with Crippen molar-refractivity contribution in [3.8, 4) is 0 Å². The highest BCUT2D eigenvalue weighted by Gasteiger charge is 2.30. The van der Waals surface area contributed by atoms with Crippen LogP contribution >= 0.6 is 23.4 Å². The van der Waals surface area contributed by atoms with Gasteiger partial charge in [-0.05, 0) is 24.7 Å². The summed E-state index contributed by atoms with van der Waals surface area (Å²) < 4.78 is 0. The minimum Gasteiger partial charge on any atom is -0.394 e. The van der Waals surface area contributed by atoms with E-state index in [1.807, 2.05) is 43.4 Å². The Morgan fingerprint density at radius 3 is 2.60 bits per heavy atom. The molecular weight excluding hydrogens is 292 g/mol. The van der Waals surface area contributed by atoms with Crippen molar-refractivity contribution < 1.29 is 5.11 Å². The van der Waals surface area contributed by atoms with Crippen molar-refractivity contribution in [2.75, 3.05) is 19.4 Å². The van der Waals surface area contributed by atoms with Gasteiger partial charge >= 0.3 is 0 Å². The van der Waals surface area contributed by atoms with E-state index in [9.17, 15) is 5.11 Å².